The fraction of sp³-hybridized carbons (Fsp3) is 0.409. The number of aryl methyl sites for hydroxylation is 2. The highest BCUT2D eigenvalue weighted by atomic mass is 32.2. The predicted octanol–water partition coefficient (Wildman–Crippen LogP) is 5.57. The molecule has 2 aromatic carbocycles. The SMILES string of the molecule is CCCCOC(=O)CCSC(c1ccccc1)c1cc(C)cc(C)c1O. The first-order chi connectivity index (χ1) is 12.5. The van der Waals surface area contributed by atoms with E-state index in [0.717, 1.165) is 35.1 Å². The van der Waals surface area contributed by atoms with Crippen molar-refractivity contribution in [3.8, 4) is 5.75 Å². The van der Waals surface area contributed by atoms with E-state index >= 15 is 0 Å². The van der Waals surface area contributed by atoms with Crippen LogP contribution in [-0.4, -0.2) is 23.4 Å². The second-order valence-electron chi connectivity index (χ2n) is 6.51. The first-order valence-corrected chi connectivity index (χ1v) is 10.2. The smallest absolute Gasteiger partial charge is 0.306 e. The van der Waals surface area contributed by atoms with Gasteiger partial charge in [-0.2, -0.15) is 0 Å². The highest BCUT2D eigenvalue weighted by Crippen LogP contribution is 2.41. The van der Waals surface area contributed by atoms with Gasteiger partial charge in [-0.25, -0.2) is 0 Å². The number of carbonyl (C=O) groups excluding carboxylic acids is 1. The number of hydrogen-bond acceptors (Lipinski definition) is 4. The van der Waals surface area contributed by atoms with Crippen LogP contribution in [0.15, 0.2) is 42.5 Å². The average Bonchev–Trinajstić information content (AvgIpc) is 2.63. The number of esters is 1. The number of rotatable bonds is 9. The van der Waals surface area contributed by atoms with Gasteiger partial charge >= 0.3 is 5.97 Å². The summed E-state index contributed by atoms with van der Waals surface area (Å²) in [6.45, 7) is 6.53. The molecule has 2 rings (SSSR count). The molecule has 4 heteroatoms. The molecule has 0 bridgehead atoms. The lowest BCUT2D eigenvalue weighted by atomic mass is 9.99. The number of phenolic OH excluding ortho intramolecular Hbond substituents is 1. The Morgan fingerprint density at radius 3 is 2.62 bits per heavy atom. The standard InChI is InChI=1S/C22H28O3S/c1-4-5-12-25-20(23)11-13-26-22(18-9-7-6-8-10-18)19-15-16(2)14-17(3)21(19)24/h6-10,14-15,22,24H,4-5,11-13H2,1-3H3. The number of aromatic hydroxyl groups is 1. The molecular formula is C22H28O3S. The fourth-order valence-electron chi connectivity index (χ4n) is 2.85. The number of hydrogen-bond donors (Lipinski definition) is 1. The lowest BCUT2D eigenvalue weighted by Crippen LogP contribution is -2.08. The minimum absolute atomic E-state index is 0.0155. The van der Waals surface area contributed by atoms with Gasteiger partial charge in [-0.1, -0.05) is 61.4 Å². The normalized spacial score (nSPS) is 12.0. The summed E-state index contributed by atoms with van der Waals surface area (Å²) in [5.74, 6) is 0.835. The quantitative estimate of drug-likeness (QED) is 0.462. The number of phenols is 1. The van der Waals surface area contributed by atoms with Crippen LogP contribution in [0.25, 0.3) is 0 Å². The summed E-state index contributed by atoms with van der Waals surface area (Å²) < 4.78 is 5.24. The lowest BCUT2D eigenvalue weighted by Gasteiger charge is -2.20. The number of unbranched alkanes of at least 4 members (excludes halogenated alkanes) is 1. The first kappa shape index (κ1) is 20.4. The maximum Gasteiger partial charge on any atom is 0.306 e. The van der Waals surface area contributed by atoms with E-state index in [4.69, 9.17) is 4.74 Å². The molecule has 0 amide bonds. The molecule has 2 aromatic rings. The molecule has 1 unspecified atom stereocenters. The highest BCUT2D eigenvalue weighted by molar-refractivity contribution is 7.99. The van der Waals surface area contributed by atoms with E-state index in [9.17, 15) is 9.90 Å². The van der Waals surface area contributed by atoms with Crippen LogP contribution in [0, 0.1) is 13.8 Å². The Morgan fingerprint density at radius 1 is 1.19 bits per heavy atom. The zero-order valence-corrected chi connectivity index (χ0v) is 16.6. The largest absolute Gasteiger partial charge is 0.507 e. The minimum atomic E-state index is -0.151. The number of benzene rings is 2. The number of thioether (sulfide) groups is 1. The summed E-state index contributed by atoms with van der Waals surface area (Å²) in [4.78, 5) is 11.9. The summed E-state index contributed by atoms with van der Waals surface area (Å²) in [6, 6.07) is 14.1. The van der Waals surface area contributed by atoms with Crippen LogP contribution >= 0.6 is 11.8 Å². The fourth-order valence-corrected chi connectivity index (χ4v) is 4.08. The van der Waals surface area contributed by atoms with Crippen molar-refractivity contribution >= 4 is 17.7 Å². The average molecular weight is 373 g/mol. The van der Waals surface area contributed by atoms with Crippen molar-refractivity contribution < 1.29 is 14.6 Å². The molecule has 0 spiro atoms. The molecule has 140 valence electrons. The van der Waals surface area contributed by atoms with Crippen LogP contribution in [0.3, 0.4) is 0 Å². The van der Waals surface area contributed by atoms with Crippen LogP contribution in [-0.2, 0) is 9.53 Å². The Balaban J connectivity index is 2.13. The van der Waals surface area contributed by atoms with Crippen molar-refractivity contribution in [2.45, 2.75) is 45.3 Å². The van der Waals surface area contributed by atoms with E-state index in [1.165, 1.54) is 0 Å². The van der Waals surface area contributed by atoms with Gasteiger partial charge < -0.3 is 9.84 Å². The van der Waals surface area contributed by atoms with Gasteiger partial charge in [0.2, 0.25) is 0 Å². The molecular weight excluding hydrogens is 344 g/mol. The van der Waals surface area contributed by atoms with Gasteiger partial charge in [-0.05, 0) is 31.4 Å². The van der Waals surface area contributed by atoms with E-state index < -0.39 is 0 Å². The molecule has 0 fully saturated rings. The van der Waals surface area contributed by atoms with Gasteiger partial charge in [0.15, 0.2) is 0 Å². The van der Waals surface area contributed by atoms with Crippen molar-refractivity contribution in [1.82, 2.24) is 0 Å². The first-order valence-electron chi connectivity index (χ1n) is 9.15. The number of ether oxygens (including phenoxy) is 1. The van der Waals surface area contributed by atoms with E-state index in [1.807, 2.05) is 44.2 Å². The Kier molecular flexibility index (Phi) is 8.05. The predicted molar refractivity (Wildman–Crippen MR) is 109 cm³/mol. The van der Waals surface area contributed by atoms with Crippen LogP contribution in [0.2, 0.25) is 0 Å². The third-order valence-electron chi connectivity index (χ3n) is 4.21. The summed E-state index contributed by atoms with van der Waals surface area (Å²) in [6.07, 6.45) is 2.30. The molecule has 0 aliphatic carbocycles. The van der Waals surface area contributed by atoms with Crippen LogP contribution in [0.1, 0.15) is 53.7 Å². The third kappa shape index (κ3) is 5.80. The molecule has 0 heterocycles. The molecule has 0 radical (unpaired) electrons. The Labute approximate surface area is 160 Å². The summed E-state index contributed by atoms with van der Waals surface area (Å²) in [5, 5.41) is 10.6. The lowest BCUT2D eigenvalue weighted by molar-refractivity contribution is -0.143. The highest BCUT2D eigenvalue weighted by Gasteiger charge is 2.20. The molecule has 1 N–H and O–H groups in total. The number of carbonyl (C=O) groups is 1. The van der Waals surface area contributed by atoms with Crippen molar-refractivity contribution in [2.24, 2.45) is 0 Å². The van der Waals surface area contributed by atoms with Gasteiger partial charge in [0, 0.05) is 11.3 Å². The van der Waals surface area contributed by atoms with Crippen molar-refractivity contribution in [1.29, 1.82) is 0 Å². The molecule has 0 aliphatic heterocycles. The van der Waals surface area contributed by atoms with Gasteiger partial charge in [-0.3, -0.25) is 4.79 Å². The third-order valence-corrected chi connectivity index (χ3v) is 5.51. The summed E-state index contributed by atoms with van der Waals surface area (Å²) in [7, 11) is 0. The van der Waals surface area contributed by atoms with Crippen molar-refractivity contribution in [3.05, 3.63) is 64.7 Å². The Hall–Kier alpha value is -1.94. The molecule has 0 aromatic heterocycles. The summed E-state index contributed by atoms with van der Waals surface area (Å²) in [5.41, 5.74) is 4.02. The topological polar surface area (TPSA) is 46.5 Å². The minimum Gasteiger partial charge on any atom is -0.507 e. The molecule has 26 heavy (non-hydrogen) atoms. The second-order valence-corrected chi connectivity index (χ2v) is 7.72. The summed E-state index contributed by atoms with van der Waals surface area (Å²) >= 11 is 1.67. The zero-order valence-electron chi connectivity index (χ0n) is 15.8. The van der Waals surface area contributed by atoms with Gasteiger partial charge in [0.1, 0.15) is 5.75 Å². The second kappa shape index (κ2) is 10.3. The maximum absolute atomic E-state index is 11.9. The molecule has 0 saturated heterocycles. The van der Waals surface area contributed by atoms with E-state index in [-0.39, 0.29) is 11.2 Å². The molecule has 3 nitrogen and oxygen atoms in total. The van der Waals surface area contributed by atoms with Crippen LogP contribution in [0.5, 0.6) is 5.75 Å². The Morgan fingerprint density at radius 2 is 1.92 bits per heavy atom. The van der Waals surface area contributed by atoms with Gasteiger partial charge in [-0.15, -0.1) is 11.8 Å². The maximum atomic E-state index is 11.9. The zero-order chi connectivity index (χ0) is 18.9. The molecule has 1 atom stereocenters. The van der Waals surface area contributed by atoms with Crippen LogP contribution < -0.4 is 0 Å². The van der Waals surface area contributed by atoms with Crippen molar-refractivity contribution in [3.63, 3.8) is 0 Å². The van der Waals surface area contributed by atoms with Gasteiger partial charge in [0.25, 0.3) is 0 Å². The van der Waals surface area contributed by atoms with Crippen LogP contribution in [0.4, 0.5) is 0 Å². The Bertz CT molecular complexity index is 713. The van der Waals surface area contributed by atoms with Gasteiger partial charge in [0.05, 0.1) is 18.3 Å². The monoisotopic (exact) mass is 372 g/mol. The van der Waals surface area contributed by atoms with E-state index in [1.54, 1.807) is 11.8 Å². The molecule has 0 saturated carbocycles. The van der Waals surface area contributed by atoms with E-state index in [0.29, 0.717) is 24.5 Å². The van der Waals surface area contributed by atoms with Crippen molar-refractivity contribution in [2.75, 3.05) is 12.4 Å². The van der Waals surface area contributed by atoms with E-state index in [2.05, 4.69) is 19.1 Å². The molecule has 0 aliphatic rings.